The van der Waals surface area contributed by atoms with Crippen molar-refractivity contribution in [3.8, 4) is 0 Å². The molecular weight excluding hydrogens is 244 g/mol. The summed E-state index contributed by atoms with van der Waals surface area (Å²) in [4.78, 5) is 30.7. The van der Waals surface area contributed by atoms with E-state index in [-0.39, 0.29) is 6.42 Å². The predicted molar refractivity (Wildman–Crippen MR) is 59.8 cm³/mol. The minimum Gasteiger partial charge on any atom is -0.493 e. The van der Waals surface area contributed by atoms with Crippen LogP contribution in [0.2, 0.25) is 0 Å². The van der Waals surface area contributed by atoms with Crippen LogP contribution in [0.5, 0.6) is 0 Å². The van der Waals surface area contributed by atoms with Crippen molar-refractivity contribution in [1.29, 1.82) is 0 Å². The molecule has 0 saturated carbocycles. The van der Waals surface area contributed by atoms with E-state index in [9.17, 15) is 14.4 Å². The lowest BCUT2D eigenvalue weighted by Gasteiger charge is -2.09. The predicted octanol–water partition coefficient (Wildman–Crippen LogP) is 0.642. The highest BCUT2D eigenvalue weighted by Gasteiger charge is 2.03. The zero-order valence-electron chi connectivity index (χ0n) is 9.22. The zero-order valence-corrected chi connectivity index (χ0v) is 9.22. The minimum absolute atomic E-state index is 0.0973. The molecule has 0 bridgehead atoms. The van der Waals surface area contributed by atoms with Crippen molar-refractivity contribution in [3.05, 3.63) is 36.6 Å². The van der Waals surface area contributed by atoms with Crippen LogP contribution in [0.3, 0.4) is 0 Å². The van der Waals surface area contributed by atoms with Gasteiger partial charge in [0.25, 0.3) is 0 Å². The lowest BCUT2D eigenvalue weighted by molar-refractivity contribution is -0.132. The fraction of sp³-hybridized carbons (Fsp3) is 0.182. The Labute approximate surface area is 102 Å². The molecule has 3 N–H and O–H groups in total. The molecule has 0 aromatic rings. The zero-order chi connectivity index (χ0) is 14.0. The fourth-order valence-electron chi connectivity index (χ4n) is 0.871. The molecule has 7 nitrogen and oxygen atoms in total. The molecule has 1 unspecified atom stereocenters. The SMILES string of the molecule is O=C(O)C=CCC(C=CC(=O)O)OC=CC(=O)O. The van der Waals surface area contributed by atoms with E-state index in [1.807, 2.05) is 0 Å². The number of hydrogen-bond acceptors (Lipinski definition) is 4. The van der Waals surface area contributed by atoms with Crippen molar-refractivity contribution in [2.24, 2.45) is 0 Å². The van der Waals surface area contributed by atoms with Crippen LogP contribution in [0.1, 0.15) is 6.42 Å². The summed E-state index contributed by atoms with van der Waals surface area (Å²) in [5.74, 6) is -3.54. The molecule has 0 saturated heterocycles. The third-order valence-electron chi connectivity index (χ3n) is 1.55. The van der Waals surface area contributed by atoms with Crippen LogP contribution < -0.4 is 0 Å². The first-order valence-corrected chi connectivity index (χ1v) is 4.77. The second kappa shape index (κ2) is 8.57. The Morgan fingerprint density at radius 2 is 1.50 bits per heavy atom. The summed E-state index contributed by atoms with van der Waals surface area (Å²) in [7, 11) is 0. The van der Waals surface area contributed by atoms with Crippen LogP contribution in [-0.4, -0.2) is 39.3 Å². The van der Waals surface area contributed by atoms with Gasteiger partial charge in [0.05, 0.1) is 12.3 Å². The maximum atomic E-state index is 10.3. The number of aliphatic carboxylic acids is 3. The van der Waals surface area contributed by atoms with E-state index in [4.69, 9.17) is 20.1 Å². The molecule has 0 aliphatic heterocycles. The van der Waals surface area contributed by atoms with Crippen molar-refractivity contribution >= 4 is 17.9 Å². The molecule has 1 atom stereocenters. The first-order valence-electron chi connectivity index (χ1n) is 4.77. The van der Waals surface area contributed by atoms with Gasteiger partial charge in [-0.1, -0.05) is 6.08 Å². The van der Waals surface area contributed by atoms with Gasteiger partial charge in [-0.3, -0.25) is 0 Å². The van der Waals surface area contributed by atoms with E-state index in [1.54, 1.807) is 0 Å². The monoisotopic (exact) mass is 256 g/mol. The highest BCUT2D eigenvalue weighted by Crippen LogP contribution is 2.03. The summed E-state index contributed by atoms with van der Waals surface area (Å²) < 4.78 is 4.93. The quantitative estimate of drug-likeness (QED) is 0.430. The summed E-state index contributed by atoms with van der Waals surface area (Å²) in [6.45, 7) is 0. The maximum Gasteiger partial charge on any atom is 0.331 e. The van der Waals surface area contributed by atoms with Crippen LogP contribution >= 0.6 is 0 Å². The normalized spacial score (nSPS) is 13.1. The number of rotatable bonds is 8. The van der Waals surface area contributed by atoms with Gasteiger partial charge in [0.15, 0.2) is 0 Å². The van der Waals surface area contributed by atoms with E-state index in [1.165, 1.54) is 12.2 Å². The van der Waals surface area contributed by atoms with Crippen molar-refractivity contribution in [2.45, 2.75) is 12.5 Å². The van der Waals surface area contributed by atoms with Crippen molar-refractivity contribution in [2.75, 3.05) is 0 Å². The standard InChI is InChI=1S/C11H12O7/c12-9(13)3-1-2-8(4-5-10(14)15)18-7-6-11(16)17/h1,3-8H,2H2,(H,12,13)(H,14,15)(H,16,17). The number of carboxylic acid groups (broad SMARTS) is 3. The van der Waals surface area contributed by atoms with E-state index in [0.717, 1.165) is 24.5 Å². The van der Waals surface area contributed by atoms with Crippen molar-refractivity contribution in [3.63, 3.8) is 0 Å². The largest absolute Gasteiger partial charge is 0.493 e. The van der Waals surface area contributed by atoms with Crippen molar-refractivity contribution < 1.29 is 34.4 Å². The first-order chi connectivity index (χ1) is 8.41. The van der Waals surface area contributed by atoms with Crippen LogP contribution in [0, 0.1) is 0 Å². The molecule has 7 heteroatoms. The maximum absolute atomic E-state index is 10.3. The highest BCUT2D eigenvalue weighted by molar-refractivity contribution is 5.80. The summed E-state index contributed by atoms with van der Waals surface area (Å²) in [6, 6.07) is 0. The van der Waals surface area contributed by atoms with Gasteiger partial charge in [-0.2, -0.15) is 0 Å². The molecule has 0 spiro atoms. The van der Waals surface area contributed by atoms with Crippen LogP contribution in [0.4, 0.5) is 0 Å². The van der Waals surface area contributed by atoms with E-state index in [0.29, 0.717) is 0 Å². The average molecular weight is 256 g/mol. The summed E-state index contributed by atoms with van der Waals surface area (Å²) in [6.07, 6.45) is 5.14. The third kappa shape index (κ3) is 9.97. The first kappa shape index (κ1) is 15.4. The number of carbonyl (C=O) groups is 3. The van der Waals surface area contributed by atoms with Gasteiger partial charge >= 0.3 is 17.9 Å². The van der Waals surface area contributed by atoms with E-state index >= 15 is 0 Å². The Morgan fingerprint density at radius 1 is 0.944 bits per heavy atom. The van der Waals surface area contributed by atoms with Gasteiger partial charge in [-0.25, -0.2) is 14.4 Å². The molecule has 98 valence electrons. The van der Waals surface area contributed by atoms with Gasteiger partial charge in [-0.05, 0) is 6.08 Å². The van der Waals surface area contributed by atoms with Gasteiger partial charge in [0, 0.05) is 18.6 Å². The second-order valence-electron chi connectivity index (χ2n) is 2.99. The van der Waals surface area contributed by atoms with E-state index < -0.39 is 24.0 Å². The Bertz CT molecular complexity index is 366. The summed E-state index contributed by atoms with van der Waals surface area (Å²) >= 11 is 0. The molecule has 0 fully saturated rings. The van der Waals surface area contributed by atoms with Crippen LogP contribution in [0.25, 0.3) is 0 Å². The summed E-state index contributed by atoms with van der Waals surface area (Å²) in [5, 5.41) is 25.1. The smallest absolute Gasteiger partial charge is 0.331 e. The Hall–Kier alpha value is -2.57. The molecule has 0 amide bonds. The molecule has 18 heavy (non-hydrogen) atoms. The molecule has 0 aliphatic carbocycles. The lowest BCUT2D eigenvalue weighted by Crippen LogP contribution is -2.06. The molecule has 0 rings (SSSR count). The summed E-state index contributed by atoms with van der Waals surface area (Å²) in [5.41, 5.74) is 0. The highest BCUT2D eigenvalue weighted by atomic mass is 16.5. The van der Waals surface area contributed by atoms with Gasteiger partial charge in [-0.15, -0.1) is 0 Å². The number of carboxylic acids is 3. The lowest BCUT2D eigenvalue weighted by atomic mass is 10.2. The minimum atomic E-state index is -1.21. The Kier molecular flexibility index (Phi) is 7.34. The van der Waals surface area contributed by atoms with Crippen LogP contribution in [-0.2, 0) is 19.1 Å². The van der Waals surface area contributed by atoms with Crippen LogP contribution in [0.15, 0.2) is 36.6 Å². The average Bonchev–Trinajstić information content (AvgIpc) is 2.24. The molecule has 0 radical (unpaired) electrons. The van der Waals surface area contributed by atoms with Gasteiger partial charge in [0.2, 0.25) is 0 Å². The number of ether oxygens (including phenoxy) is 1. The molecule has 0 heterocycles. The topological polar surface area (TPSA) is 121 Å². The molecular formula is C11H12O7. The van der Waals surface area contributed by atoms with Gasteiger partial charge < -0.3 is 20.1 Å². The molecule has 0 aliphatic rings. The van der Waals surface area contributed by atoms with E-state index in [2.05, 4.69) is 0 Å². The second-order valence-corrected chi connectivity index (χ2v) is 2.99. The van der Waals surface area contributed by atoms with Crippen molar-refractivity contribution in [1.82, 2.24) is 0 Å². The van der Waals surface area contributed by atoms with Gasteiger partial charge in [0.1, 0.15) is 6.10 Å². The third-order valence-corrected chi connectivity index (χ3v) is 1.55. The number of hydrogen-bond donors (Lipinski definition) is 3. The Balaban J connectivity index is 4.46. The molecule has 0 aromatic heterocycles. The Morgan fingerprint density at radius 3 is 2.00 bits per heavy atom. The molecule has 0 aromatic carbocycles. The fourth-order valence-corrected chi connectivity index (χ4v) is 0.871.